The molecule has 1 heterocycles. The van der Waals surface area contributed by atoms with Gasteiger partial charge in [-0.1, -0.05) is 10.5 Å². The van der Waals surface area contributed by atoms with Crippen LogP contribution in [-0.4, -0.2) is 50.4 Å². The number of nitrogens with one attached hydrogen (secondary N) is 1. The van der Waals surface area contributed by atoms with Crippen LogP contribution in [0, 0.1) is 0 Å². The van der Waals surface area contributed by atoms with Gasteiger partial charge < -0.3 is 10.2 Å². The summed E-state index contributed by atoms with van der Waals surface area (Å²) >= 11 is 0. The standard InChI is InChI=1S/C18H20N4O7S2/c23-17-9-6-14(12-16(17)18(24)25)20-19-13-4-7-15(8-5-13)30(26,27)21-31(28,29)22-10-2-1-3-11-22/h4-9,12,21,23H,1-3,10-11H2,(H,24,25). The zero-order valence-corrected chi connectivity index (χ0v) is 17.8. The van der Waals surface area contributed by atoms with Crippen LogP contribution in [0.2, 0.25) is 0 Å². The fraction of sp³-hybridized carbons (Fsp3) is 0.278. The first-order chi connectivity index (χ1) is 14.6. The second-order valence-corrected chi connectivity index (χ2v) is 10.4. The molecule has 31 heavy (non-hydrogen) atoms. The summed E-state index contributed by atoms with van der Waals surface area (Å²) in [5, 5.41) is 26.2. The number of carboxylic acid groups (broad SMARTS) is 1. The molecule has 0 aliphatic carbocycles. The van der Waals surface area contributed by atoms with E-state index in [1.165, 1.54) is 36.4 Å². The van der Waals surface area contributed by atoms with Crippen LogP contribution in [0.1, 0.15) is 29.6 Å². The number of rotatable bonds is 7. The Hall–Kier alpha value is -2.87. The summed E-state index contributed by atoms with van der Waals surface area (Å²) in [4.78, 5) is 10.8. The van der Waals surface area contributed by atoms with Crippen molar-refractivity contribution in [1.82, 2.24) is 8.43 Å². The molecule has 13 heteroatoms. The van der Waals surface area contributed by atoms with E-state index in [4.69, 9.17) is 5.11 Å². The molecule has 2 aromatic carbocycles. The molecular weight excluding hydrogens is 448 g/mol. The van der Waals surface area contributed by atoms with E-state index in [1.807, 2.05) is 0 Å². The van der Waals surface area contributed by atoms with Gasteiger partial charge >= 0.3 is 5.97 Å². The van der Waals surface area contributed by atoms with Crippen LogP contribution < -0.4 is 4.13 Å². The lowest BCUT2D eigenvalue weighted by molar-refractivity contribution is 0.0693. The Kier molecular flexibility index (Phi) is 6.69. The predicted octanol–water partition coefficient (Wildman–Crippen LogP) is 2.51. The summed E-state index contributed by atoms with van der Waals surface area (Å²) in [6.45, 7) is 0.538. The van der Waals surface area contributed by atoms with E-state index in [-0.39, 0.29) is 34.9 Å². The van der Waals surface area contributed by atoms with Gasteiger partial charge in [0.15, 0.2) is 0 Å². The number of phenols is 1. The number of aromatic hydroxyl groups is 1. The molecule has 11 nitrogen and oxygen atoms in total. The first kappa shape index (κ1) is 22.8. The van der Waals surface area contributed by atoms with E-state index in [9.17, 15) is 26.7 Å². The molecule has 0 bridgehead atoms. The number of sulfonamides is 1. The number of benzene rings is 2. The van der Waals surface area contributed by atoms with E-state index in [0.29, 0.717) is 12.8 Å². The van der Waals surface area contributed by atoms with Crippen molar-refractivity contribution < 1.29 is 31.8 Å². The van der Waals surface area contributed by atoms with Crippen LogP contribution >= 0.6 is 0 Å². The number of carbonyl (C=O) groups is 1. The Morgan fingerprint density at radius 2 is 1.48 bits per heavy atom. The van der Waals surface area contributed by atoms with Crippen molar-refractivity contribution in [3.05, 3.63) is 48.0 Å². The average Bonchev–Trinajstić information content (AvgIpc) is 2.73. The van der Waals surface area contributed by atoms with Crippen molar-refractivity contribution in [3.8, 4) is 5.75 Å². The highest BCUT2D eigenvalue weighted by atomic mass is 32.3. The normalized spacial score (nSPS) is 15.9. The number of aromatic carboxylic acids is 1. The number of hydrogen-bond acceptors (Lipinski definition) is 8. The minimum absolute atomic E-state index is 0.168. The zero-order valence-electron chi connectivity index (χ0n) is 16.2. The van der Waals surface area contributed by atoms with Gasteiger partial charge in [0, 0.05) is 13.1 Å². The Bertz CT molecular complexity index is 1200. The maximum absolute atomic E-state index is 12.5. The molecule has 0 spiro atoms. The van der Waals surface area contributed by atoms with Crippen LogP contribution in [0.5, 0.6) is 5.75 Å². The predicted molar refractivity (Wildman–Crippen MR) is 110 cm³/mol. The molecule has 0 aromatic heterocycles. The van der Waals surface area contributed by atoms with Crippen molar-refractivity contribution >= 4 is 37.6 Å². The Morgan fingerprint density at radius 1 is 0.903 bits per heavy atom. The van der Waals surface area contributed by atoms with Gasteiger partial charge in [0.1, 0.15) is 11.3 Å². The first-order valence-corrected chi connectivity index (χ1v) is 12.1. The number of carboxylic acids is 1. The molecule has 166 valence electrons. The second-order valence-electron chi connectivity index (χ2n) is 6.75. The molecule has 0 saturated carbocycles. The summed E-state index contributed by atoms with van der Waals surface area (Å²) in [6.07, 6.45) is 2.25. The van der Waals surface area contributed by atoms with E-state index in [2.05, 4.69) is 10.2 Å². The van der Waals surface area contributed by atoms with Crippen LogP contribution in [-0.2, 0) is 20.2 Å². The fourth-order valence-electron chi connectivity index (χ4n) is 2.91. The second kappa shape index (κ2) is 9.09. The maximum atomic E-state index is 12.5. The van der Waals surface area contributed by atoms with Crippen molar-refractivity contribution in [2.75, 3.05) is 13.1 Å². The number of piperidine rings is 1. The molecule has 0 atom stereocenters. The molecular formula is C18H20N4O7S2. The lowest BCUT2D eigenvalue weighted by atomic mass is 10.2. The van der Waals surface area contributed by atoms with Gasteiger partial charge in [-0.25, -0.2) is 13.2 Å². The molecule has 0 unspecified atom stereocenters. The topological polar surface area (TPSA) is 166 Å². The summed E-state index contributed by atoms with van der Waals surface area (Å²) in [5.41, 5.74) is 0.0860. The maximum Gasteiger partial charge on any atom is 0.339 e. The van der Waals surface area contributed by atoms with Crippen molar-refractivity contribution in [2.24, 2.45) is 10.2 Å². The van der Waals surface area contributed by atoms with Crippen LogP contribution in [0.4, 0.5) is 11.4 Å². The van der Waals surface area contributed by atoms with Gasteiger partial charge in [-0.3, -0.25) is 0 Å². The van der Waals surface area contributed by atoms with E-state index >= 15 is 0 Å². The monoisotopic (exact) mass is 468 g/mol. The minimum atomic E-state index is -4.32. The highest BCUT2D eigenvalue weighted by Gasteiger charge is 2.29. The number of azo groups is 1. The first-order valence-electron chi connectivity index (χ1n) is 9.20. The van der Waals surface area contributed by atoms with Crippen molar-refractivity contribution in [3.63, 3.8) is 0 Å². The number of hydrogen-bond donors (Lipinski definition) is 3. The number of nitrogens with zero attached hydrogens (tertiary/aromatic N) is 3. The zero-order chi connectivity index (χ0) is 22.6. The Balaban J connectivity index is 1.74. The molecule has 1 aliphatic heterocycles. The van der Waals surface area contributed by atoms with E-state index < -0.39 is 32.0 Å². The molecule has 3 rings (SSSR count). The third-order valence-electron chi connectivity index (χ3n) is 4.51. The van der Waals surface area contributed by atoms with Gasteiger partial charge in [-0.15, -0.1) is 0 Å². The smallest absolute Gasteiger partial charge is 0.339 e. The van der Waals surface area contributed by atoms with Crippen molar-refractivity contribution in [1.29, 1.82) is 0 Å². The average molecular weight is 469 g/mol. The quantitative estimate of drug-likeness (QED) is 0.525. The van der Waals surface area contributed by atoms with Gasteiger partial charge in [0.2, 0.25) is 0 Å². The van der Waals surface area contributed by atoms with E-state index in [1.54, 1.807) is 4.13 Å². The minimum Gasteiger partial charge on any atom is -0.507 e. The SMILES string of the molecule is O=C(O)c1cc(N=Nc2ccc(S(=O)(=O)NS(=O)(=O)N3CCCCC3)cc2)ccc1O. The highest BCUT2D eigenvalue weighted by molar-refractivity contribution is 8.03. The van der Waals surface area contributed by atoms with Gasteiger partial charge in [0.25, 0.3) is 20.2 Å². The molecule has 3 N–H and O–H groups in total. The summed E-state index contributed by atoms with van der Waals surface area (Å²) < 4.78 is 52.5. The summed E-state index contributed by atoms with van der Waals surface area (Å²) in [6, 6.07) is 8.68. The molecule has 0 amide bonds. The third kappa shape index (κ3) is 5.64. The van der Waals surface area contributed by atoms with Crippen LogP contribution in [0.25, 0.3) is 0 Å². The van der Waals surface area contributed by atoms with Gasteiger partial charge in [-0.05, 0) is 55.3 Å². The molecule has 1 aliphatic rings. The lowest BCUT2D eigenvalue weighted by Gasteiger charge is -2.25. The molecule has 1 fully saturated rings. The van der Waals surface area contributed by atoms with Gasteiger partial charge in [0.05, 0.1) is 16.3 Å². The highest BCUT2D eigenvalue weighted by Crippen LogP contribution is 2.26. The fourth-order valence-corrected chi connectivity index (χ4v) is 6.06. The molecule has 1 saturated heterocycles. The van der Waals surface area contributed by atoms with Crippen molar-refractivity contribution in [2.45, 2.75) is 24.2 Å². The largest absolute Gasteiger partial charge is 0.507 e. The molecule has 0 radical (unpaired) electrons. The lowest BCUT2D eigenvalue weighted by Crippen LogP contribution is -2.45. The summed E-state index contributed by atoms with van der Waals surface area (Å²) in [7, 11) is -8.49. The summed E-state index contributed by atoms with van der Waals surface area (Å²) in [5.74, 6) is -1.73. The van der Waals surface area contributed by atoms with Crippen LogP contribution in [0.15, 0.2) is 57.6 Å². The molecule has 2 aromatic rings. The van der Waals surface area contributed by atoms with Gasteiger partial charge in [-0.2, -0.15) is 23.0 Å². The van der Waals surface area contributed by atoms with E-state index in [0.717, 1.165) is 16.8 Å². The Morgan fingerprint density at radius 3 is 2.10 bits per heavy atom. The third-order valence-corrected chi connectivity index (χ3v) is 8.17. The Labute approximate surface area is 179 Å². The van der Waals surface area contributed by atoms with Crippen LogP contribution in [0.3, 0.4) is 0 Å².